The van der Waals surface area contributed by atoms with Crippen molar-refractivity contribution in [3.63, 3.8) is 0 Å². The summed E-state index contributed by atoms with van der Waals surface area (Å²) in [6.45, 7) is 5.35. The highest BCUT2D eigenvalue weighted by Crippen LogP contribution is 2.31. The van der Waals surface area contributed by atoms with E-state index in [-0.39, 0.29) is 47.5 Å². The third-order valence-electron chi connectivity index (χ3n) is 7.26. The molecular weight excluding hydrogens is 674 g/mol. The SMILES string of the molecule is CC(C)(C)OC(=O)Cc1ccc(-c2nc(-c3ccc(CC(NC(=O)Nc4ccc(-c5ccc(C(F)(F)F)cc5)cn4)C(=O)O)cc3F)no2)cc1. The second-order valence-electron chi connectivity index (χ2n) is 12.4. The predicted octanol–water partition coefficient (Wildman–Crippen LogP) is 7.33. The fourth-order valence-corrected chi connectivity index (χ4v) is 4.86. The van der Waals surface area contributed by atoms with E-state index >= 15 is 4.39 Å². The quantitative estimate of drug-likeness (QED) is 0.100. The monoisotopic (exact) mass is 705 g/mol. The summed E-state index contributed by atoms with van der Waals surface area (Å²) in [5.41, 5.74) is 1.08. The van der Waals surface area contributed by atoms with Crippen LogP contribution in [0.3, 0.4) is 0 Å². The molecule has 11 nitrogen and oxygen atoms in total. The Morgan fingerprint density at radius 2 is 1.53 bits per heavy atom. The Kier molecular flexibility index (Phi) is 10.5. The van der Waals surface area contributed by atoms with Crippen molar-refractivity contribution in [1.82, 2.24) is 20.4 Å². The van der Waals surface area contributed by atoms with Crippen LogP contribution in [0.25, 0.3) is 34.0 Å². The predicted molar refractivity (Wildman–Crippen MR) is 177 cm³/mol. The number of esters is 1. The van der Waals surface area contributed by atoms with Crippen molar-refractivity contribution in [3.8, 4) is 34.0 Å². The van der Waals surface area contributed by atoms with E-state index < -0.39 is 41.2 Å². The van der Waals surface area contributed by atoms with Gasteiger partial charge in [0.15, 0.2) is 0 Å². The molecule has 0 radical (unpaired) electrons. The van der Waals surface area contributed by atoms with Crippen LogP contribution in [0.15, 0.2) is 89.6 Å². The molecule has 51 heavy (non-hydrogen) atoms. The Hall–Kier alpha value is -6.12. The van der Waals surface area contributed by atoms with Crippen molar-refractivity contribution in [2.75, 3.05) is 5.32 Å². The number of benzene rings is 3. The van der Waals surface area contributed by atoms with E-state index in [1.165, 1.54) is 42.6 Å². The van der Waals surface area contributed by atoms with Crippen LogP contribution >= 0.6 is 0 Å². The summed E-state index contributed by atoms with van der Waals surface area (Å²) in [7, 11) is 0. The van der Waals surface area contributed by atoms with Gasteiger partial charge in [-0.15, -0.1) is 0 Å². The number of urea groups is 1. The number of rotatable bonds is 10. The van der Waals surface area contributed by atoms with E-state index in [2.05, 4.69) is 25.8 Å². The van der Waals surface area contributed by atoms with Gasteiger partial charge in [0.05, 0.1) is 17.5 Å². The van der Waals surface area contributed by atoms with Gasteiger partial charge < -0.3 is 19.7 Å². The van der Waals surface area contributed by atoms with E-state index in [9.17, 15) is 32.7 Å². The molecule has 15 heteroatoms. The standard InChI is InChI=1S/C36H31F4N5O6/c1-35(2,3)50-30(46)18-20-4-7-23(8-5-20)32-44-31(45-51-32)26-14-6-21(16-27(26)37)17-28(33(47)48)42-34(49)43-29-15-11-24(19-41-29)22-9-12-25(13-10-22)36(38,39)40/h4-16,19,28H,17-18H2,1-3H3,(H,47,48)(H2,41,42,43,49). The number of nitrogens with zero attached hydrogens (tertiary/aromatic N) is 3. The molecule has 264 valence electrons. The second-order valence-corrected chi connectivity index (χ2v) is 12.4. The lowest BCUT2D eigenvalue weighted by Gasteiger charge is -2.19. The highest BCUT2D eigenvalue weighted by molar-refractivity contribution is 5.91. The van der Waals surface area contributed by atoms with E-state index in [0.717, 1.165) is 18.2 Å². The number of anilines is 1. The molecule has 5 rings (SSSR count). The van der Waals surface area contributed by atoms with Crippen molar-refractivity contribution < 1.29 is 46.3 Å². The van der Waals surface area contributed by atoms with Gasteiger partial charge in [-0.2, -0.15) is 18.2 Å². The molecule has 1 atom stereocenters. The van der Waals surface area contributed by atoms with E-state index in [4.69, 9.17) is 9.26 Å². The van der Waals surface area contributed by atoms with Crippen LogP contribution in [0, 0.1) is 5.82 Å². The summed E-state index contributed by atoms with van der Waals surface area (Å²) in [6.07, 6.45) is -3.32. The minimum Gasteiger partial charge on any atom is -0.480 e. The summed E-state index contributed by atoms with van der Waals surface area (Å²) >= 11 is 0. The van der Waals surface area contributed by atoms with Gasteiger partial charge in [-0.05, 0) is 86.0 Å². The molecule has 1 unspecified atom stereocenters. The highest BCUT2D eigenvalue weighted by atomic mass is 19.4. The number of carboxylic acids is 1. The minimum absolute atomic E-state index is 0.00121. The van der Waals surface area contributed by atoms with Gasteiger partial charge in [0.25, 0.3) is 5.89 Å². The summed E-state index contributed by atoms with van der Waals surface area (Å²) in [5, 5.41) is 18.3. The number of alkyl halides is 3. The molecule has 0 aliphatic heterocycles. The lowest BCUT2D eigenvalue weighted by Crippen LogP contribution is -2.44. The maximum absolute atomic E-state index is 15.2. The fourth-order valence-electron chi connectivity index (χ4n) is 4.86. The van der Waals surface area contributed by atoms with Crippen molar-refractivity contribution >= 4 is 23.8 Å². The smallest absolute Gasteiger partial charge is 0.416 e. The topological polar surface area (TPSA) is 157 Å². The Morgan fingerprint density at radius 1 is 0.882 bits per heavy atom. The van der Waals surface area contributed by atoms with Crippen LogP contribution in [0.2, 0.25) is 0 Å². The molecule has 0 saturated carbocycles. The first-order chi connectivity index (χ1) is 24.0. The summed E-state index contributed by atoms with van der Waals surface area (Å²) in [6, 6.07) is 15.8. The maximum atomic E-state index is 15.2. The number of aromatic nitrogens is 3. The molecule has 2 aromatic heterocycles. The number of hydrogen-bond donors (Lipinski definition) is 3. The Morgan fingerprint density at radius 3 is 2.12 bits per heavy atom. The zero-order chi connectivity index (χ0) is 36.9. The van der Waals surface area contributed by atoms with Crippen molar-refractivity contribution in [1.29, 1.82) is 0 Å². The number of carbonyl (C=O) groups excluding carboxylic acids is 2. The van der Waals surface area contributed by atoms with Crippen molar-refractivity contribution in [2.45, 2.75) is 51.4 Å². The van der Waals surface area contributed by atoms with Crippen LogP contribution in [-0.4, -0.2) is 49.8 Å². The van der Waals surface area contributed by atoms with Crippen LogP contribution < -0.4 is 10.6 Å². The lowest BCUT2D eigenvalue weighted by atomic mass is 10.0. The molecule has 5 aromatic rings. The van der Waals surface area contributed by atoms with Gasteiger partial charge in [-0.25, -0.2) is 19.0 Å². The van der Waals surface area contributed by atoms with E-state index in [0.29, 0.717) is 22.3 Å². The van der Waals surface area contributed by atoms with Gasteiger partial charge in [0.1, 0.15) is 23.3 Å². The minimum atomic E-state index is -4.47. The first-order valence-corrected chi connectivity index (χ1v) is 15.4. The molecule has 0 saturated heterocycles. The van der Waals surface area contributed by atoms with Gasteiger partial charge in [-0.1, -0.05) is 35.5 Å². The van der Waals surface area contributed by atoms with E-state index in [1.807, 2.05) is 0 Å². The molecule has 0 aliphatic carbocycles. The number of amides is 2. The van der Waals surface area contributed by atoms with Gasteiger partial charge >= 0.3 is 24.1 Å². The van der Waals surface area contributed by atoms with Gasteiger partial charge in [0, 0.05) is 23.7 Å². The number of ether oxygens (including phenoxy) is 1. The molecule has 2 heterocycles. The normalized spacial score (nSPS) is 12.2. The Bertz CT molecular complexity index is 2020. The van der Waals surface area contributed by atoms with Crippen molar-refractivity contribution in [2.24, 2.45) is 0 Å². The third-order valence-corrected chi connectivity index (χ3v) is 7.26. The molecule has 3 aromatic carbocycles. The zero-order valence-electron chi connectivity index (χ0n) is 27.4. The molecule has 2 amide bonds. The average Bonchev–Trinajstić information content (AvgIpc) is 3.54. The number of aliphatic carboxylic acids is 1. The highest BCUT2D eigenvalue weighted by Gasteiger charge is 2.30. The number of halogens is 4. The number of hydrogen-bond acceptors (Lipinski definition) is 8. The Labute approximate surface area is 288 Å². The number of carboxylic acid groups (broad SMARTS) is 1. The zero-order valence-corrected chi connectivity index (χ0v) is 27.4. The number of carbonyl (C=O) groups is 3. The maximum Gasteiger partial charge on any atom is 0.416 e. The molecule has 0 aliphatic rings. The Balaban J connectivity index is 1.18. The summed E-state index contributed by atoms with van der Waals surface area (Å²) in [5.74, 6) is -2.37. The molecule has 0 spiro atoms. The summed E-state index contributed by atoms with van der Waals surface area (Å²) in [4.78, 5) is 45.0. The first-order valence-electron chi connectivity index (χ1n) is 15.4. The van der Waals surface area contributed by atoms with Crippen LogP contribution in [0.5, 0.6) is 0 Å². The fraction of sp³-hybridized carbons (Fsp3) is 0.222. The van der Waals surface area contributed by atoms with Crippen LogP contribution in [-0.2, 0) is 33.3 Å². The van der Waals surface area contributed by atoms with E-state index in [1.54, 1.807) is 45.0 Å². The molecule has 0 fully saturated rings. The third kappa shape index (κ3) is 9.74. The van der Waals surface area contributed by atoms with Gasteiger partial charge in [-0.3, -0.25) is 10.1 Å². The summed E-state index contributed by atoms with van der Waals surface area (Å²) < 4.78 is 64.4. The molecule has 3 N–H and O–H groups in total. The number of nitrogens with one attached hydrogen (secondary N) is 2. The van der Waals surface area contributed by atoms with Gasteiger partial charge in [0.2, 0.25) is 5.82 Å². The first kappa shape index (κ1) is 36.2. The molecule has 0 bridgehead atoms. The lowest BCUT2D eigenvalue weighted by molar-refractivity contribution is -0.154. The van der Waals surface area contributed by atoms with Crippen LogP contribution in [0.4, 0.5) is 28.2 Å². The van der Waals surface area contributed by atoms with Crippen LogP contribution in [0.1, 0.15) is 37.5 Å². The largest absolute Gasteiger partial charge is 0.480 e. The molecular formula is C36H31F4N5O6. The second kappa shape index (κ2) is 14.8. The number of pyridine rings is 1. The average molecular weight is 706 g/mol. The van der Waals surface area contributed by atoms with Crippen molar-refractivity contribution in [3.05, 3.63) is 108 Å².